The van der Waals surface area contributed by atoms with E-state index in [1.165, 1.54) is 0 Å². The van der Waals surface area contributed by atoms with E-state index < -0.39 is 5.60 Å². The summed E-state index contributed by atoms with van der Waals surface area (Å²) in [5.41, 5.74) is -0.438. The zero-order chi connectivity index (χ0) is 15.5. The maximum atomic E-state index is 12.5. The molecule has 0 spiro atoms. The van der Waals surface area contributed by atoms with Crippen LogP contribution in [0.1, 0.15) is 17.3 Å². The topological polar surface area (TPSA) is 67.9 Å². The normalized spacial score (nSPS) is 21.8. The van der Waals surface area contributed by atoms with E-state index in [0.29, 0.717) is 24.5 Å². The fourth-order valence-corrected chi connectivity index (χ4v) is 2.36. The highest BCUT2D eigenvalue weighted by Gasteiger charge is 2.40. The van der Waals surface area contributed by atoms with Gasteiger partial charge in [0.25, 0.3) is 11.8 Å². The average molecular weight is 292 g/mol. The van der Waals surface area contributed by atoms with Gasteiger partial charge in [-0.2, -0.15) is 0 Å². The lowest BCUT2D eigenvalue weighted by atomic mass is 10.0. The number of nitrogens with one attached hydrogen (secondary N) is 1. The van der Waals surface area contributed by atoms with Crippen LogP contribution in [0, 0.1) is 0 Å². The van der Waals surface area contributed by atoms with Crippen LogP contribution in [0.2, 0.25) is 0 Å². The number of methoxy groups -OCH3 is 1. The molecule has 21 heavy (non-hydrogen) atoms. The van der Waals surface area contributed by atoms with Crippen LogP contribution >= 0.6 is 0 Å². The van der Waals surface area contributed by atoms with Gasteiger partial charge in [0.05, 0.1) is 20.3 Å². The lowest BCUT2D eigenvalue weighted by Crippen LogP contribution is -2.58. The predicted octanol–water partition coefficient (Wildman–Crippen LogP) is 0.672. The maximum absolute atomic E-state index is 12.5. The van der Waals surface area contributed by atoms with Gasteiger partial charge in [-0.05, 0) is 31.2 Å². The van der Waals surface area contributed by atoms with E-state index in [4.69, 9.17) is 9.47 Å². The SMILES string of the molecule is CNC(=O)[C@@]1(C)CN(C(=O)c2ccc(OC)cc2)CCO1. The standard InChI is InChI=1S/C15H20N2O4/c1-15(14(19)16-2)10-17(8-9-21-15)13(18)11-4-6-12(20-3)7-5-11/h4-7H,8-10H2,1-3H3,(H,16,19)/t15-/m1/s1. The van der Waals surface area contributed by atoms with Crippen molar-refractivity contribution in [3.63, 3.8) is 0 Å². The maximum Gasteiger partial charge on any atom is 0.254 e. The number of benzene rings is 1. The third-order valence-electron chi connectivity index (χ3n) is 3.61. The van der Waals surface area contributed by atoms with Gasteiger partial charge in [0.1, 0.15) is 5.75 Å². The molecule has 0 bridgehead atoms. The zero-order valence-electron chi connectivity index (χ0n) is 12.5. The number of amides is 2. The van der Waals surface area contributed by atoms with Crippen molar-refractivity contribution in [1.29, 1.82) is 0 Å². The summed E-state index contributed by atoms with van der Waals surface area (Å²) < 4.78 is 10.6. The summed E-state index contributed by atoms with van der Waals surface area (Å²) in [5, 5.41) is 2.57. The Hall–Kier alpha value is -2.08. The van der Waals surface area contributed by atoms with Gasteiger partial charge in [-0.25, -0.2) is 0 Å². The molecular weight excluding hydrogens is 272 g/mol. The number of nitrogens with zero attached hydrogens (tertiary/aromatic N) is 1. The van der Waals surface area contributed by atoms with Crippen LogP contribution in [0.5, 0.6) is 5.75 Å². The van der Waals surface area contributed by atoms with E-state index in [-0.39, 0.29) is 18.4 Å². The van der Waals surface area contributed by atoms with Crippen LogP contribution in [0.25, 0.3) is 0 Å². The summed E-state index contributed by atoms with van der Waals surface area (Å²) in [6.45, 7) is 2.74. The number of hydrogen-bond acceptors (Lipinski definition) is 4. The summed E-state index contributed by atoms with van der Waals surface area (Å²) in [5.74, 6) is 0.356. The molecule has 6 heteroatoms. The minimum atomic E-state index is -1.00. The minimum Gasteiger partial charge on any atom is -0.497 e. The van der Waals surface area contributed by atoms with Crippen molar-refractivity contribution < 1.29 is 19.1 Å². The van der Waals surface area contributed by atoms with Gasteiger partial charge in [0.2, 0.25) is 0 Å². The fourth-order valence-electron chi connectivity index (χ4n) is 2.36. The van der Waals surface area contributed by atoms with Crippen molar-refractivity contribution in [2.45, 2.75) is 12.5 Å². The summed E-state index contributed by atoms with van der Waals surface area (Å²) >= 11 is 0. The molecule has 0 aliphatic carbocycles. The molecule has 1 heterocycles. The second-order valence-corrected chi connectivity index (χ2v) is 5.11. The molecule has 0 unspecified atom stereocenters. The molecule has 1 saturated heterocycles. The lowest BCUT2D eigenvalue weighted by molar-refractivity contribution is -0.153. The van der Waals surface area contributed by atoms with Gasteiger partial charge < -0.3 is 19.7 Å². The second-order valence-electron chi connectivity index (χ2n) is 5.11. The quantitative estimate of drug-likeness (QED) is 0.889. The van der Waals surface area contributed by atoms with Crippen LogP contribution in [0.15, 0.2) is 24.3 Å². The molecule has 1 aliphatic rings. The Morgan fingerprint density at radius 2 is 2.00 bits per heavy atom. The Labute approximate surface area is 124 Å². The van der Waals surface area contributed by atoms with Crippen LogP contribution in [-0.2, 0) is 9.53 Å². The van der Waals surface area contributed by atoms with Crippen LogP contribution in [0.3, 0.4) is 0 Å². The van der Waals surface area contributed by atoms with Gasteiger partial charge in [0, 0.05) is 19.2 Å². The molecule has 0 radical (unpaired) electrons. The first-order chi connectivity index (χ1) is 10.00. The first kappa shape index (κ1) is 15.3. The first-order valence-corrected chi connectivity index (χ1v) is 6.79. The molecule has 1 aromatic carbocycles. The Bertz CT molecular complexity index is 529. The van der Waals surface area contributed by atoms with Gasteiger partial charge in [-0.3, -0.25) is 9.59 Å². The van der Waals surface area contributed by atoms with Crippen molar-refractivity contribution in [1.82, 2.24) is 10.2 Å². The molecule has 114 valence electrons. The monoisotopic (exact) mass is 292 g/mol. The zero-order valence-corrected chi connectivity index (χ0v) is 12.5. The molecule has 1 fully saturated rings. The number of ether oxygens (including phenoxy) is 2. The molecule has 0 saturated carbocycles. The summed E-state index contributed by atoms with van der Waals surface area (Å²) in [7, 11) is 3.13. The Kier molecular flexibility index (Phi) is 4.47. The number of carbonyl (C=O) groups is 2. The van der Waals surface area contributed by atoms with E-state index in [0.717, 1.165) is 0 Å². The van der Waals surface area contributed by atoms with E-state index >= 15 is 0 Å². The molecule has 1 aliphatic heterocycles. The number of rotatable bonds is 3. The van der Waals surface area contributed by atoms with Crippen LogP contribution in [-0.4, -0.2) is 56.2 Å². The van der Waals surface area contributed by atoms with E-state index in [1.807, 2.05) is 0 Å². The predicted molar refractivity (Wildman–Crippen MR) is 77.3 cm³/mol. The Balaban J connectivity index is 2.13. The van der Waals surface area contributed by atoms with Crippen molar-refractivity contribution in [3.8, 4) is 5.75 Å². The number of morpholine rings is 1. The fraction of sp³-hybridized carbons (Fsp3) is 0.467. The summed E-state index contributed by atoms with van der Waals surface area (Å²) in [6, 6.07) is 6.92. The van der Waals surface area contributed by atoms with Crippen molar-refractivity contribution in [2.75, 3.05) is 33.9 Å². The van der Waals surface area contributed by atoms with Crippen molar-refractivity contribution in [3.05, 3.63) is 29.8 Å². The highest BCUT2D eigenvalue weighted by Crippen LogP contribution is 2.20. The second kappa shape index (κ2) is 6.13. The molecule has 0 aromatic heterocycles. The van der Waals surface area contributed by atoms with Crippen LogP contribution in [0.4, 0.5) is 0 Å². The first-order valence-electron chi connectivity index (χ1n) is 6.79. The van der Waals surface area contributed by atoms with Gasteiger partial charge in [0.15, 0.2) is 5.60 Å². The molecule has 1 aromatic rings. The number of hydrogen-bond donors (Lipinski definition) is 1. The van der Waals surface area contributed by atoms with E-state index in [2.05, 4.69) is 5.32 Å². The highest BCUT2D eigenvalue weighted by molar-refractivity contribution is 5.95. The van der Waals surface area contributed by atoms with E-state index in [9.17, 15) is 9.59 Å². The summed E-state index contributed by atoms with van der Waals surface area (Å²) in [6.07, 6.45) is 0. The molecular formula is C15H20N2O4. The van der Waals surface area contributed by atoms with Gasteiger partial charge in [-0.1, -0.05) is 0 Å². The van der Waals surface area contributed by atoms with Crippen molar-refractivity contribution >= 4 is 11.8 Å². The average Bonchev–Trinajstić information content (AvgIpc) is 2.53. The van der Waals surface area contributed by atoms with Crippen LogP contribution < -0.4 is 10.1 Å². The number of likely N-dealkylation sites (N-methyl/N-ethyl adjacent to an activating group) is 1. The molecule has 1 atom stereocenters. The molecule has 2 amide bonds. The Morgan fingerprint density at radius 1 is 1.33 bits per heavy atom. The highest BCUT2D eigenvalue weighted by atomic mass is 16.5. The largest absolute Gasteiger partial charge is 0.497 e. The molecule has 2 rings (SSSR count). The number of carbonyl (C=O) groups excluding carboxylic acids is 2. The minimum absolute atomic E-state index is 0.115. The third kappa shape index (κ3) is 3.16. The van der Waals surface area contributed by atoms with Gasteiger partial charge >= 0.3 is 0 Å². The Morgan fingerprint density at radius 3 is 2.57 bits per heavy atom. The molecule has 1 N–H and O–H groups in total. The smallest absolute Gasteiger partial charge is 0.254 e. The molecule has 6 nitrogen and oxygen atoms in total. The van der Waals surface area contributed by atoms with E-state index in [1.54, 1.807) is 50.2 Å². The van der Waals surface area contributed by atoms with Crippen molar-refractivity contribution in [2.24, 2.45) is 0 Å². The van der Waals surface area contributed by atoms with Gasteiger partial charge in [-0.15, -0.1) is 0 Å². The lowest BCUT2D eigenvalue weighted by Gasteiger charge is -2.39. The third-order valence-corrected chi connectivity index (χ3v) is 3.61. The summed E-state index contributed by atoms with van der Waals surface area (Å²) in [4.78, 5) is 26.0.